The van der Waals surface area contributed by atoms with Crippen molar-refractivity contribution in [3.8, 4) is 5.75 Å². The number of fused-ring (bicyclic) bond motifs is 1. The monoisotopic (exact) mass is 283 g/mol. The van der Waals surface area contributed by atoms with E-state index in [1.54, 1.807) is 0 Å². The van der Waals surface area contributed by atoms with Crippen molar-refractivity contribution in [2.75, 3.05) is 0 Å². The fourth-order valence-corrected chi connectivity index (χ4v) is 2.48. The molecule has 3 rings (SSSR count). The van der Waals surface area contributed by atoms with E-state index in [1.165, 1.54) is 12.1 Å². The number of hydrogen-bond acceptors (Lipinski definition) is 1. The van der Waals surface area contributed by atoms with Gasteiger partial charge in [-0.15, -0.1) is 0 Å². The predicted octanol–water partition coefficient (Wildman–Crippen LogP) is 4.62. The van der Waals surface area contributed by atoms with Crippen molar-refractivity contribution < 1.29 is 9.13 Å². The van der Waals surface area contributed by atoms with Crippen LogP contribution in [0.1, 0.15) is 19.4 Å². The van der Waals surface area contributed by atoms with Crippen LogP contribution < -0.4 is 4.74 Å². The molecule has 2 nitrogen and oxygen atoms in total. The normalized spacial score (nSPS) is 11.2. The summed E-state index contributed by atoms with van der Waals surface area (Å²) in [4.78, 5) is 0. The Hall–Kier alpha value is -2.29. The topological polar surface area (TPSA) is 14.2 Å². The molecule has 108 valence electrons. The molecule has 0 aliphatic heterocycles. The predicted molar refractivity (Wildman–Crippen MR) is 83.2 cm³/mol. The van der Waals surface area contributed by atoms with Gasteiger partial charge in [-0.1, -0.05) is 18.2 Å². The second-order valence-corrected chi connectivity index (χ2v) is 5.43. The van der Waals surface area contributed by atoms with Gasteiger partial charge in [-0.05, 0) is 49.7 Å². The van der Waals surface area contributed by atoms with Crippen LogP contribution in [0.5, 0.6) is 5.75 Å². The number of nitrogens with zero attached hydrogens (tertiary/aromatic N) is 1. The first-order valence-corrected chi connectivity index (χ1v) is 7.12. The lowest BCUT2D eigenvalue weighted by atomic mass is 10.2. The first-order chi connectivity index (χ1) is 10.1. The van der Waals surface area contributed by atoms with Gasteiger partial charge in [0.1, 0.15) is 11.6 Å². The maximum Gasteiger partial charge on any atom is 0.129 e. The highest BCUT2D eigenvalue weighted by molar-refractivity contribution is 5.86. The van der Waals surface area contributed by atoms with Gasteiger partial charge in [0.05, 0.1) is 11.6 Å². The van der Waals surface area contributed by atoms with Crippen LogP contribution in [0.2, 0.25) is 0 Å². The molecule has 0 fully saturated rings. The van der Waals surface area contributed by atoms with Crippen LogP contribution >= 0.6 is 0 Å². The van der Waals surface area contributed by atoms with Crippen molar-refractivity contribution in [3.63, 3.8) is 0 Å². The van der Waals surface area contributed by atoms with E-state index in [1.807, 2.05) is 44.3 Å². The molecule has 0 amide bonds. The highest BCUT2D eigenvalue weighted by Crippen LogP contribution is 2.28. The Labute approximate surface area is 123 Å². The van der Waals surface area contributed by atoms with E-state index in [4.69, 9.17) is 4.74 Å². The van der Waals surface area contributed by atoms with Gasteiger partial charge in [-0.2, -0.15) is 0 Å². The van der Waals surface area contributed by atoms with Crippen LogP contribution in [0, 0.1) is 5.82 Å². The average molecular weight is 283 g/mol. The van der Waals surface area contributed by atoms with E-state index < -0.39 is 0 Å². The van der Waals surface area contributed by atoms with Crippen molar-refractivity contribution >= 4 is 10.9 Å². The molecule has 0 unspecified atom stereocenters. The Morgan fingerprint density at radius 2 is 1.81 bits per heavy atom. The van der Waals surface area contributed by atoms with Crippen molar-refractivity contribution in [1.29, 1.82) is 0 Å². The highest BCUT2D eigenvalue weighted by atomic mass is 19.1. The number of rotatable bonds is 4. The Morgan fingerprint density at radius 1 is 1.05 bits per heavy atom. The molecule has 0 spiro atoms. The second kappa shape index (κ2) is 5.60. The third kappa shape index (κ3) is 2.92. The first kappa shape index (κ1) is 13.7. The van der Waals surface area contributed by atoms with Gasteiger partial charge in [0.2, 0.25) is 0 Å². The molecule has 3 heteroatoms. The molecule has 0 saturated carbocycles. The fraction of sp³-hybridized carbons (Fsp3) is 0.222. The minimum atomic E-state index is -0.205. The Bertz CT molecular complexity index is 744. The first-order valence-electron chi connectivity index (χ1n) is 7.12. The van der Waals surface area contributed by atoms with E-state index in [0.717, 1.165) is 28.8 Å². The Morgan fingerprint density at radius 3 is 2.52 bits per heavy atom. The number of hydrogen-bond donors (Lipinski definition) is 0. The molecule has 2 aromatic carbocycles. The van der Waals surface area contributed by atoms with Crippen molar-refractivity contribution in [2.45, 2.75) is 26.5 Å². The molecule has 0 aliphatic carbocycles. The zero-order valence-electron chi connectivity index (χ0n) is 12.2. The van der Waals surface area contributed by atoms with Gasteiger partial charge in [0, 0.05) is 18.1 Å². The third-order valence-electron chi connectivity index (χ3n) is 3.40. The van der Waals surface area contributed by atoms with Crippen LogP contribution in [0.4, 0.5) is 4.39 Å². The molecule has 0 saturated heterocycles. The minimum absolute atomic E-state index is 0.149. The van der Waals surface area contributed by atoms with E-state index in [2.05, 4.69) is 16.7 Å². The van der Waals surface area contributed by atoms with Gasteiger partial charge in [-0.25, -0.2) is 4.39 Å². The SMILES string of the molecule is CC(C)Oc1cccc2c1ccn2Cc1ccc(F)cc1. The van der Waals surface area contributed by atoms with Gasteiger partial charge in [-0.3, -0.25) is 0 Å². The molecule has 0 radical (unpaired) electrons. The number of ether oxygens (including phenoxy) is 1. The number of aromatic nitrogens is 1. The molecule has 0 aliphatic rings. The Kier molecular flexibility index (Phi) is 3.65. The zero-order valence-corrected chi connectivity index (χ0v) is 12.2. The molecule has 1 heterocycles. The van der Waals surface area contributed by atoms with Gasteiger partial charge in [0.25, 0.3) is 0 Å². The van der Waals surface area contributed by atoms with E-state index in [-0.39, 0.29) is 11.9 Å². The summed E-state index contributed by atoms with van der Waals surface area (Å²) in [5, 5.41) is 1.10. The van der Waals surface area contributed by atoms with Gasteiger partial charge in [0.15, 0.2) is 0 Å². The van der Waals surface area contributed by atoms with Gasteiger partial charge < -0.3 is 9.30 Å². The molecular weight excluding hydrogens is 265 g/mol. The van der Waals surface area contributed by atoms with Crippen LogP contribution in [-0.4, -0.2) is 10.7 Å². The average Bonchev–Trinajstić information content (AvgIpc) is 2.85. The van der Waals surface area contributed by atoms with Crippen LogP contribution in [0.3, 0.4) is 0 Å². The fourth-order valence-electron chi connectivity index (χ4n) is 2.48. The summed E-state index contributed by atoms with van der Waals surface area (Å²) >= 11 is 0. The summed E-state index contributed by atoms with van der Waals surface area (Å²) in [6, 6.07) is 14.8. The minimum Gasteiger partial charge on any atom is -0.490 e. The summed E-state index contributed by atoms with van der Waals surface area (Å²) in [5.74, 6) is 0.698. The van der Waals surface area contributed by atoms with Crippen molar-refractivity contribution in [1.82, 2.24) is 4.57 Å². The van der Waals surface area contributed by atoms with E-state index in [9.17, 15) is 4.39 Å². The van der Waals surface area contributed by atoms with Crippen molar-refractivity contribution in [3.05, 3.63) is 66.1 Å². The smallest absolute Gasteiger partial charge is 0.129 e. The standard InChI is InChI=1S/C18H18FNO/c1-13(2)21-18-5-3-4-17-16(18)10-11-20(17)12-14-6-8-15(19)9-7-14/h3-11,13H,12H2,1-2H3. The van der Waals surface area contributed by atoms with E-state index >= 15 is 0 Å². The quantitative estimate of drug-likeness (QED) is 0.681. The van der Waals surface area contributed by atoms with E-state index in [0.29, 0.717) is 0 Å². The highest BCUT2D eigenvalue weighted by Gasteiger charge is 2.08. The lowest BCUT2D eigenvalue weighted by Crippen LogP contribution is -2.05. The zero-order chi connectivity index (χ0) is 14.8. The van der Waals surface area contributed by atoms with Crippen molar-refractivity contribution in [2.24, 2.45) is 0 Å². The number of benzene rings is 2. The summed E-state index contributed by atoms with van der Waals surface area (Å²) in [5.41, 5.74) is 2.20. The Balaban J connectivity index is 1.95. The van der Waals surface area contributed by atoms with Crippen LogP contribution in [0.25, 0.3) is 10.9 Å². The van der Waals surface area contributed by atoms with Crippen LogP contribution in [-0.2, 0) is 6.54 Å². The molecule has 0 N–H and O–H groups in total. The largest absolute Gasteiger partial charge is 0.490 e. The summed E-state index contributed by atoms with van der Waals surface area (Å²) in [6.45, 7) is 4.76. The molecule has 0 atom stereocenters. The molecule has 21 heavy (non-hydrogen) atoms. The maximum absolute atomic E-state index is 13.0. The van der Waals surface area contributed by atoms with Gasteiger partial charge >= 0.3 is 0 Å². The summed E-state index contributed by atoms with van der Waals surface area (Å²) in [7, 11) is 0. The number of halogens is 1. The summed E-state index contributed by atoms with van der Waals surface area (Å²) in [6.07, 6.45) is 2.19. The molecule has 3 aromatic rings. The summed E-state index contributed by atoms with van der Waals surface area (Å²) < 4.78 is 21.0. The lowest BCUT2D eigenvalue weighted by Gasteiger charge is -2.11. The lowest BCUT2D eigenvalue weighted by molar-refractivity contribution is 0.245. The molecule has 0 bridgehead atoms. The third-order valence-corrected chi connectivity index (χ3v) is 3.40. The molecular formula is C18H18FNO. The van der Waals surface area contributed by atoms with Crippen LogP contribution in [0.15, 0.2) is 54.7 Å². The molecule has 1 aromatic heterocycles. The maximum atomic E-state index is 13.0. The second-order valence-electron chi connectivity index (χ2n) is 5.43.